The summed E-state index contributed by atoms with van der Waals surface area (Å²) in [5.41, 5.74) is 0.757. The SMILES string of the molecule is C[C@@H](C(O)C1OC2C[C@H]3C4=CC=C5CC(O)CC[C@]5(C)[C@H]4CC[C@]3(C)[C@H]2[C@@]1(C)O)C(C)(C)O. The summed E-state index contributed by atoms with van der Waals surface area (Å²) in [7, 11) is 0. The van der Waals surface area contributed by atoms with Gasteiger partial charge in [0, 0.05) is 11.8 Å². The predicted octanol–water partition coefficient (Wildman–Crippen LogP) is 3.74. The number of hydrogen-bond donors (Lipinski definition) is 4. The molecule has 0 spiro atoms. The predicted molar refractivity (Wildman–Crippen MR) is 127 cm³/mol. The molecule has 11 atom stereocenters. The van der Waals surface area contributed by atoms with Gasteiger partial charge in [0.15, 0.2) is 0 Å². The Bertz CT molecular complexity index is 868. The molecule has 0 aromatic carbocycles. The van der Waals surface area contributed by atoms with E-state index in [0.717, 1.165) is 38.5 Å². The lowest BCUT2D eigenvalue weighted by molar-refractivity contribution is -0.155. The fourth-order valence-electron chi connectivity index (χ4n) is 8.77. The Labute approximate surface area is 198 Å². The van der Waals surface area contributed by atoms with Crippen LogP contribution in [0.5, 0.6) is 0 Å². The molecule has 0 aromatic heterocycles. The lowest BCUT2D eigenvalue weighted by Gasteiger charge is -2.55. The zero-order chi connectivity index (χ0) is 24.1. The van der Waals surface area contributed by atoms with E-state index >= 15 is 0 Å². The first-order valence-electron chi connectivity index (χ1n) is 13.1. The van der Waals surface area contributed by atoms with Gasteiger partial charge in [-0.25, -0.2) is 0 Å². The minimum Gasteiger partial charge on any atom is -0.393 e. The van der Waals surface area contributed by atoms with Crippen molar-refractivity contribution < 1.29 is 25.2 Å². The van der Waals surface area contributed by atoms with Crippen LogP contribution in [0.1, 0.15) is 80.1 Å². The lowest BCUT2D eigenvalue weighted by atomic mass is 9.49. The highest BCUT2D eigenvalue weighted by Gasteiger charge is 2.69. The molecule has 5 rings (SSSR count). The summed E-state index contributed by atoms with van der Waals surface area (Å²) in [6.45, 7) is 11.8. The summed E-state index contributed by atoms with van der Waals surface area (Å²) in [6.07, 6.45) is 8.39. The van der Waals surface area contributed by atoms with Gasteiger partial charge in [-0.1, -0.05) is 44.1 Å². The molecular formula is C28H44O5. The summed E-state index contributed by atoms with van der Waals surface area (Å²) < 4.78 is 6.47. The van der Waals surface area contributed by atoms with Crippen LogP contribution in [0.25, 0.3) is 0 Å². The quantitative estimate of drug-likeness (QED) is 0.515. The van der Waals surface area contributed by atoms with Gasteiger partial charge in [0.05, 0.1) is 29.5 Å². The molecule has 4 N–H and O–H groups in total. The van der Waals surface area contributed by atoms with Crippen molar-refractivity contribution in [3.63, 3.8) is 0 Å². The fraction of sp³-hybridized carbons (Fsp3) is 0.857. The van der Waals surface area contributed by atoms with E-state index in [1.807, 2.05) is 13.8 Å². The second kappa shape index (κ2) is 7.39. The van der Waals surface area contributed by atoms with E-state index in [1.165, 1.54) is 11.1 Å². The topological polar surface area (TPSA) is 90.2 Å². The number of ether oxygens (including phenoxy) is 1. The molecule has 5 heteroatoms. The van der Waals surface area contributed by atoms with Gasteiger partial charge >= 0.3 is 0 Å². The van der Waals surface area contributed by atoms with Crippen molar-refractivity contribution >= 4 is 0 Å². The molecule has 5 aliphatic rings. The summed E-state index contributed by atoms with van der Waals surface area (Å²) in [6, 6.07) is 0. The molecular weight excluding hydrogens is 416 g/mol. The van der Waals surface area contributed by atoms with Crippen LogP contribution in [0.4, 0.5) is 0 Å². The van der Waals surface area contributed by atoms with Crippen LogP contribution in [-0.2, 0) is 4.74 Å². The smallest absolute Gasteiger partial charge is 0.113 e. The first kappa shape index (κ1) is 24.0. The highest BCUT2D eigenvalue weighted by Crippen LogP contribution is 2.68. The van der Waals surface area contributed by atoms with Crippen LogP contribution >= 0.6 is 0 Å². The number of hydrogen-bond acceptors (Lipinski definition) is 5. The van der Waals surface area contributed by atoms with Gasteiger partial charge in [0.1, 0.15) is 6.10 Å². The van der Waals surface area contributed by atoms with Crippen LogP contribution < -0.4 is 0 Å². The van der Waals surface area contributed by atoms with Crippen molar-refractivity contribution in [2.24, 2.45) is 34.5 Å². The van der Waals surface area contributed by atoms with Crippen molar-refractivity contribution in [2.45, 2.75) is 116 Å². The van der Waals surface area contributed by atoms with Gasteiger partial charge < -0.3 is 25.2 Å². The summed E-state index contributed by atoms with van der Waals surface area (Å²) in [5, 5.41) is 43.7. The maximum absolute atomic E-state index is 11.9. The molecule has 3 saturated carbocycles. The second-order valence-electron chi connectivity index (χ2n) is 13.3. The Morgan fingerprint density at radius 3 is 2.45 bits per heavy atom. The van der Waals surface area contributed by atoms with Crippen LogP contribution in [0.2, 0.25) is 0 Å². The van der Waals surface area contributed by atoms with Gasteiger partial charge in [0.25, 0.3) is 0 Å². The zero-order valence-corrected chi connectivity index (χ0v) is 21.2. The van der Waals surface area contributed by atoms with E-state index in [2.05, 4.69) is 26.0 Å². The number of aliphatic hydroxyl groups excluding tert-OH is 2. The molecule has 33 heavy (non-hydrogen) atoms. The van der Waals surface area contributed by atoms with Crippen LogP contribution in [0, 0.1) is 34.5 Å². The Balaban J connectivity index is 1.45. The Hall–Kier alpha value is -0.720. The first-order valence-corrected chi connectivity index (χ1v) is 13.1. The summed E-state index contributed by atoms with van der Waals surface area (Å²) in [5.74, 6) is 0.405. The molecule has 0 radical (unpaired) electrons. The molecule has 4 fully saturated rings. The average molecular weight is 461 g/mol. The third-order valence-electron chi connectivity index (χ3n) is 11.0. The largest absolute Gasteiger partial charge is 0.393 e. The third kappa shape index (κ3) is 3.29. The standard InChI is InChI=1S/C28H44O5/c1-15(25(2,3)31)22(30)24-28(6,32)23-21(33-24)14-20-18-8-7-16-13-17(29)9-11-26(16,4)19(18)10-12-27(20,23)5/h7-8,15,17,19-24,29-32H,9-14H2,1-6H3/t15-,17?,19-,20-,21?,22?,23-,24?,26-,27-,28+/m0/s1. The average Bonchev–Trinajstić information content (AvgIpc) is 3.17. The number of allylic oxidation sites excluding steroid dienone is 3. The molecule has 0 aromatic rings. The van der Waals surface area contributed by atoms with E-state index in [9.17, 15) is 20.4 Å². The van der Waals surface area contributed by atoms with Gasteiger partial charge in [-0.3, -0.25) is 0 Å². The highest BCUT2D eigenvalue weighted by molar-refractivity contribution is 5.40. The van der Waals surface area contributed by atoms with E-state index in [1.54, 1.807) is 13.8 Å². The van der Waals surface area contributed by atoms with Gasteiger partial charge in [0.2, 0.25) is 0 Å². The van der Waals surface area contributed by atoms with E-state index in [-0.39, 0.29) is 29.0 Å². The van der Waals surface area contributed by atoms with Crippen LogP contribution in [0.3, 0.4) is 0 Å². The lowest BCUT2D eigenvalue weighted by Crippen LogP contribution is -2.56. The maximum atomic E-state index is 11.9. The van der Waals surface area contributed by atoms with Crippen molar-refractivity contribution in [3.8, 4) is 0 Å². The van der Waals surface area contributed by atoms with Crippen molar-refractivity contribution in [1.82, 2.24) is 0 Å². The third-order valence-corrected chi connectivity index (χ3v) is 11.0. The summed E-state index contributed by atoms with van der Waals surface area (Å²) >= 11 is 0. The Morgan fingerprint density at radius 2 is 1.79 bits per heavy atom. The molecule has 1 heterocycles. The van der Waals surface area contributed by atoms with Crippen LogP contribution in [-0.4, -0.2) is 56.0 Å². The summed E-state index contributed by atoms with van der Waals surface area (Å²) in [4.78, 5) is 0. The van der Waals surface area contributed by atoms with Gasteiger partial charge in [-0.05, 0) is 82.0 Å². The van der Waals surface area contributed by atoms with Gasteiger partial charge in [-0.15, -0.1) is 0 Å². The first-order chi connectivity index (χ1) is 15.2. The molecule has 0 amide bonds. The highest BCUT2D eigenvalue weighted by atomic mass is 16.5. The zero-order valence-electron chi connectivity index (χ0n) is 21.2. The van der Waals surface area contributed by atoms with Crippen LogP contribution in [0.15, 0.2) is 23.3 Å². The fourth-order valence-corrected chi connectivity index (χ4v) is 8.77. The minimum absolute atomic E-state index is 0.0446. The molecule has 1 aliphatic heterocycles. The number of fused-ring (bicyclic) bond motifs is 7. The normalized spacial score (nSPS) is 51.0. The number of rotatable bonds is 3. The van der Waals surface area contributed by atoms with Gasteiger partial charge in [-0.2, -0.15) is 0 Å². The minimum atomic E-state index is -1.16. The maximum Gasteiger partial charge on any atom is 0.113 e. The molecule has 5 nitrogen and oxygen atoms in total. The van der Waals surface area contributed by atoms with E-state index in [4.69, 9.17) is 4.74 Å². The molecule has 0 bridgehead atoms. The second-order valence-corrected chi connectivity index (χ2v) is 13.3. The van der Waals surface area contributed by atoms with Crippen molar-refractivity contribution in [2.75, 3.05) is 0 Å². The molecule has 4 aliphatic carbocycles. The van der Waals surface area contributed by atoms with E-state index < -0.39 is 29.3 Å². The van der Waals surface area contributed by atoms with Crippen molar-refractivity contribution in [1.29, 1.82) is 0 Å². The Morgan fingerprint density at radius 1 is 1.09 bits per heavy atom. The number of aliphatic hydroxyl groups is 4. The monoisotopic (exact) mass is 460 g/mol. The molecule has 186 valence electrons. The Kier molecular flexibility index (Phi) is 5.38. The molecule has 1 saturated heterocycles. The van der Waals surface area contributed by atoms with Crippen molar-refractivity contribution in [3.05, 3.63) is 23.3 Å². The van der Waals surface area contributed by atoms with E-state index in [0.29, 0.717) is 11.8 Å². The molecule has 4 unspecified atom stereocenters.